The molecule has 0 aromatic carbocycles. The van der Waals surface area contributed by atoms with E-state index in [1.165, 1.54) is 0 Å². The van der Waals surface area contributed by atoms with E-state index < -0.39 is 0 Å². The molecule has 0 unspecified atom stereocenters. The smallest absolute Gasteiger partial charge is 0.147 e. The van der Waals surface area contributed by atoms with E-state index in [1.54, 1.807) is 13.0 Å². The molecule has 0 atom stereocenters. The molecule has 1 aromatic rings. The van der Waals surface area contributed by atoms with Crippen molar-refractivity contribution in [3.8, 4) is 0 Å². The maximum atomic E-state index is 13.4. The monoisotopic (exact) mass is 229 g/mol. The predicted octanol–water partition coefficient (Wildman–Crippen LogP) is 3.17. The fourth-order valence-corrected chi connectivity index (χ4v) is 1.80. The van der Waals surface area contributed by atoms with Crippen LogP contribution in [0.25, 0.3) is 0 Å². The Bertz CT molecular complexity index is 321. The van der Waals surface area contributed by atoms with E-state index >= 15 is 0 Å². The molecular weight excluding hydrogens is 221 g/mol. The molecule has 0 amide bonds. The topological polar surface area (TPSA) is 12.9 Å². The summed E-state index contributed by atoms with van der Waals surface area (Å²) in [5, 5.41) is 0. The van der Waals surface area contributed by atoms with Gasteiger partial charge in [-0.15, -0.1) is 0 Å². The van der Waals surface area contributed by atoms with Gasteiger partial charge in [-0.05, 0) is 47.3 Å². The van der Waals surface area contributed by atoms with Gasteiger partial charge in [0, 0.05) is 5.92 Å². The number of pyridine rings is 1. The lowest BCUT2D eigenvalue weighted by atomic mass is 10.2. The van der Waals surface area contributed by atoms with Crippen LogP contribution in [0.4, 0.5) is 4.39 Å². The van der Waals surface area contributed by atoms with Gasteiger partial charge in [0.15, 0.2) is 0 Å². The SMILES string of the molecule is Cc1cc(Br)nc(C2CC2)c1F. The van der Waals surface area contributed by atoms with Crippen molar-refractivity contribution in [3.63, 3.8) is 0 Å². The first-order valence-corrected chi connectivity index (χ1v) is 4.80. The number of aromatic nitrogens is 1. The summed E-state index contributed by atoms with van der Waals surface area (Å²) in [6.07, 6.45) is 2.17. The summed E-state index contributed by atoms with van der Waals surface area (Å²) in [4.78, 5) is 4.14. The molecule has 1 aromatic heterocycles. The summed E-state index contributed by atoms with van der Waals surface area (Å²) < 4.78 is 14.1. The molecule has 0 radical (unpaired) electrons. The van der Waals surface area contributed by atoms with Gasteiger partial charge in [0.2, 0.25) is 0 Å². The van der Waals surface area contributed by atoms with Gasteiger partial charge in [-0.1, -0.05) is 0 Å². The molecule has 0 bridgehead atoms. The zero-order valence-electron chi connectivity index (χ0n) is 6.77. The van der Waals surface area contributed by atoms with Crippen molar-refractivity contribution < 1.29 is 4.39 Å². The Labute approximate surface area is 79.1 Å². The molecule has 1 fully saturated rings. The molecule has 64 valence electrons. The van der Waals surface area contributed by atoms with Crippen LogP contribution < -0.4 is 0 Å². The molecule has 0 spiro atoms. The van der Waals surface area contributed by atoms with Crippen molar-refractivity contribution >= 4 is 15.9 Å². The minimum absolute atomic E-state index is 0.124. The van der Waals surface area contributed by atoms with Gasteiger partial charge < -0.3 is 0 Å². The number of hydrogen-bond donors (Lipinski definition) is 0. The van der Waals surface area contributed by atoms with E-state index in [9.17, 15) is 4.39 Å². The molecule has 1 aliphatic carbocycles. The van der Waals surface area contributed by atoms with Crippen molar-refractivity contribution in [1.82, 2.24) is 4.98 Å². The predicted molar refractivity (Wildman–Crippen MR) is 48.6 cm³/mol. The van der Waals surface area contributed by atoms with Gasteiger partial charge in [0.25, 0.3) is 0 Å². The van der Waals surface area contributed by atoms with Crippen LogP contribution >= 0.6 is 15.9 Å². The minimum Gasteiger partial charge on any atom is -0.243 e. The first-order valence-electron chi connectivity index (χ1n) is 4.01. The Morgan fingerprint density at radius 2 is 2.25 bits per heavy atom. The third-order valence-corrected chi connectivity index (χ3v) is 2.50. The number of halogens is 2. The number of rotatable bonds is 1. The van der Waals surface area contributed by atoms with Crippen LogP contribution in [-0.4, -0.2) is 4.98 Å². The highest BCUT2D eigenvalue weighted by molar-refractivity contribution is 9.10. The van der Waals surface area contributed by atoms with E-state index in [0.29, 0.717) is 17.2 Å². The average Bonchev–Trinajstić information content (AvgIpc) is 2.79. The first-order chi connectivity index (χ1) is 5.68. The number of hydrogen-bond acceptors (Lipinski definition) is 1. The van der Waals surface area contributed by atoms with Crippen LogP contribution in [0.2, 0.25) is 0 Å². The molecule has 0 saturated heterocycles. The Balaban J connectivity index is 2.51. The summed E-state index contributed by atoms with van der Waals surface area (Å²) >= 11 is 3.27. The van der Waals surface area contributed by atoms with Crippen LogP contribution in [0.3, 0.4) is 0 Å². The summed E-state index contributed by atoms with van der Waals surface area (Å²) in [5.74, 6) is 0.252. The third kappa shape index (κ3) is 1.38. The van der Waals surface area contributed by atoms with E-state index in [1.807, 2.05) is 0 Å². The van der Waals surface area contributed by atoms with Crippen LogP contribution in [0.5, 0.6) is 0 Å². The summed E-state index contributed by atoms with van der Waals surface area (Å²) in [6, 6.07) is 1.71. The third-order valence-electron chi connectivity index (χ3n) is 2.10. The molecule has 2 rings (SSSR count). The van der Waals surface area contributed by atoms with Crippen LogP contribution in [-0.2, 0) is 0 Å². The van der Waals surface area contributed by atoms with Crippen molar-refractivity contribution in [2.24, 2.45) is 0 Å². The van der Waals surface area contributed by atoms with Crippen LogP contribution in [0, 0.1) is 12.7 Å². The molecule has 3 heteroatoms. The fraction of sp³-hybridized carbons (Fsp3) is 0.444. The van der Waals surface area contributed by atoms with E-state index in [2.05, 4.69) is 20.9 Å². The summed E-state index contributed by atoms with van der Waals surface area (Å²) in [5.41, 5.74) is 1.32. The lowest BCUT2D eigenvalue weighted by Gasteiger charge is -2.03. The van der Waals surface area contributed by atoms with Gasteiger partial charge >= 0.3 is 0 Å². The largest absolute Gasteiger partial charge is 0.243 e. The minimum atomic E-state index is -0.124. The Morgan fingerprint density at radius 1 is 1.58 bits per heavy atom. The molecule has 0 N–H and O–H groups in total. The molecular formula is C9H9BrFN. The highest BCUT2D eigenvalue weighted by atomic mass is 79.9. The molecule has 12 heavy (non-hydrogen) atoms. The second-order valence-electron chi connectivity index (χ2n) is 3.24. The molecule has 1 nitrogen and oxygen atoms in total. The zero-order valence-corrected chi connectivity index (χ0v) is 8.36. The molecule has 0 aliphatic heterocycles. The first kappa shape index (κ1) is 8.17. The second-order valence-corrected chi connectivity index (χ2v) is 4.05. The summed E-state index contributed by atoms with van der Waals surface area (Å²) in [6.45, 7) is 1.77. The Kier molecular flexibility index (Phi) is 1.91. The van der Waals surface area contributed by atoms with Crippen LogP contribution in [0.15, 0.2) is 10.7 Å². The molecule has 1 saturated carbocycles. The molecule has 1 aliphatic rings. The fourth-order valence-electron chi connectivity index (χ4n) is 1.27. The van der Waals surface area contributed by atoms with Crippen LogP contribution in [0.1, 0.15) is 30.0 Å². The van der Waals surface area contributed by atoms with Crippen molar-refractivity contribution in [1.29, 1.82) is 0 Å². The lowest BCUT2D eigenvalue weighted by Crippen LogP contribution is -1.96. The van der Waals surface area contributed by atoms with Gasteiger partial charge in [-0.3, -0.25) is 0 Å². The van der Waals surface area contributed by atoms with E-state index in [4.69, 9.17) is 0 Å². The van der Waals surface area contributed by atoms with Gasteiger partial charge in [0.1, 0.15) is 10.4 Å². The van der Waals surface area contributed by atoms with Gasteiger partial charge in [-0.25, -0.2) is 9.37 Å². The number of nitrogens with zero attached hydrogens (tertiary/aromatic N) is 1. The maximum Gasteiger partial charge on any atom is 0.147 e. The zero-order chi connectivity index (χ0) is 8.72. The Morgan fingerprint density at radius 3 is 2.83 bits per heavy atom. The lowest BCUT2D eigenvalue weighted by molar-refractivity contribution is 0.589. The van der Waals surface area contributed by atoms with E-state index in [-0.39, 0.29) is 5.82 Å². The summed E-state index contributed by atoms with van der Waals surface area (Å²) in [7, 11) is 0. The highest BCUT2D eigenvalue weighted by Crippen LogP contribution is 2.41. The standard InChI is InChI=1S/C9H9BrFN/c1-5-4-7(10)12-9(8(5)11)6-2-3-6/h4,6H,2-3H2,1H3. The second kappa shape index (κ2) is 2.80. The van der Waals surface area contributed by atoms with Gasteiger partial charge in [0.05, 0.1) is 5.69 Å². The normalized spacial score (nSPS) is 16.6. The maximum absolute atomic E-state index is 13.4. The van der Waals surface area contributed by atoms with Crippen molar-refractivity contribution in [2.75, 3.05) is 0 Å². The highest BCUT2D eigenvalue weighted by Gasteiger charge is 2.28. The number of aryl methyl sites for hydroxylation is 1. The van der Waals surface area contributed by atoms with Crippen molar-refractivity contribution in [2.45, 2.75) is 25.7 Å². The Hall–Kier alpha value is -0.440. The van der Waals surface area contributed by atoms with Crippen molar-refractivity contribution in [3.05, 3.63) is 27.7 Å². The molecule has 1 heterocycles. The van der Waals surface area contributed by atoms with E-state index in [0.717, 1.165) is 17.4 Å². The average molecular weight is 230 g/mol. The van der Waals surface area contributed by atoms with Gasteiger partial charge in [-0.2, -0.15) is 0 Å². The quantitative estimate of drug-likeness (QED) is 0.675.